The molecule has 0 N–H and O–H groups in total. The van der Waals surface area contributed by atoms with Gasteiger partial charge in [-0.3, -0.25) is 4.40 Å². The van der Waals surface area contributed by atoms with Gasteiger partial charge in [-0.1, -0.05) is 146 Å². The lowest BCUT2D eigenvalue weighted by Crippen LogP contribution is -2.26. The van der Waals surface area contributed by atoms with E-state index >= 15 is 4.57 Å². The minimum Gasteiger partial charge on any atom is -0.309 e. The predicted octanol–water partition coefficient (Wildman–Crippen LogP) is 9.89. The van der Waals surface area contributed by atoms with Crippen LogP contribution in [0, 0.1) is 0 Å². The molecule has 1 atom stereocenters. The summed E-state index contributed by atoms with van der Waals surface area (Å²) in [6, 6.07) is 56.7. The molecule has 0 aliphatic heterocycles. The maximum Gasteiger partial charge on any atom is 0.172 e. The number of hydrogen-bond acceptors (Lipinski definition) is 2. The van der Waals surface area contributed by atoms with E-state index in [9.17, 15) is 0 Å². The third kappa shape index (κ3) is 3.69. The highest BCUT2D eigenvalue weighted by Gasteiger charge is 2.33. The molecule has 0 radical (unpaired) electrons. The van der Waals surface area contributed by atoms with Gasteiger partial charge in [-0.15, -0.1) is 0 Å². The Morgan fingerprint density at radius 1 is 0.447 bits per heavy atom. The molecule has 0 aliphatic rings. The largest absolute Gasteiger partial charge is 0.309 e. The molecule has 0 saturated carbocycles. The summed E-state index contributed by atoms with van der Waals surface area (Å²) in [6.07, 6.45) is 0. The molecule has 10 aromatic rings. The maximum atomic E-state index is 16.4. The Labute approximate surface area is 270 Å². The lowest BCUT2D eigenvalue weighted by atomic mass is 10.0. The van der Waals surface area contributed by atoms with Crippen LogP contribution in [0.5, 0.6) is 0 Å². The van der Waals surface area contributed by atoms with Gasteiger partial charge < -0.3 is 4.57 Å². The van der Waals surface area contributed by atoms with Gasteiger partial charge in [0.25, 0.3) is 0 Å². The van der Waals surface area contributed by atoms with Crippen molar-refractivity contribution in [3.8, 4) is 0 Å². The van der Waals surface area contributed by atoms with Gasteiger partial charge in [-0.25, -0.2) is 4.98 Å². The fraction of sp³-hybridized carbons (Fsp3) is 0. The normalized spacial score (nSPS) is 13.4. The second-order valence-electron chi connectivity index (χ2n) is 12.3. The van der Waals surface area contributed by atoms with Crippen molar-refractivity contribution in [1.82, 2.24) is 9.38 Å². The van der Waals surface area contributed by atoms with Gasteiger partial charge in [0.15, 0.2) is 7.14 Å². The van der Waals surface area contributed by atoms with E-state index in [0.29, 0.717) is 0 Å². The minimum absolute atomic E-state index is 0.830. The topological polar surface area (TPSA) is 34.4 Å². The smallest absolute Gasteiger partial charge is 0.172 e. The second-order valence-corrected chi connectivity index (χ2v) is 15.0. The minimum atomic E-state index is -3.42. The van der Waals surface area contributed by atoms with Gasteiger partial charge in [-0.2, -0.15) is 0 Å². The number of aromatic nitrogens is 2. The van der Waals surface area contributed by atoms with Crippen molar-refractivity contribution in [2.24, 2.45) is 0 Å². The molecule has 4 heteroatoms. The number of para-hydroxylation sites is 2. The second kappa shape index (κ2) is 9.87. The predicted molar refractivity (Wildman–Crippen MR) is 200 cm³/mol. The molecule has 0 spiro atoms. The van der Waals surface area contributed by atoms with Gasteiger partial charge in [0.2, 0.25) is 0 Å². The molecule has 0 bridgehead atoms. The lowest BCUT2D eigenvalue weighted by molar-refractivity contribution is 0.593. The highest BCUT2D eigenvalue weighted by Crippen LogP contribution is 2.48. The first-order chi connectivity index (χ1) is 23.2. The summed E-state index contributed by atoms with van der Waals surface area (Å²) in [5, 5.41) is 12.3. The Morgan fingerprint density at radius 3 is 1.91 bits per heavy atom. The first-order valence-corrected chi connectivity index (χ1v) is 17.6. The van der Waals surface area contributed by atoms with Crippen LogP contribution in [0.2, 0.25) is 0 Å². The Hall–Kier alpha value is -5.76. The average Bonchev–Trinajstić information content (AvgIpc) is 3.53. The van der Waals surface area contributed by atoms with Crippen LogP contribution in [0.4, 0.5) is 0 Å². The SMILES string of the molecule is O=P(c1ccc2ccccc2c1)(c1cccc2ccccc12)c1cccc2c1ccc1c3ccccc3c3nc4ccccc4n3c21. The summed E-state index contributed by atoms with van der Waals surface area (Å²) < 4.78 is 18.7. The van der Waals surface area contributed by atoms with E-state index in [-0.39, 0.29) is 0 Å². The van der Waals surface area contributed by atoms with Gasteiger partial charge in [0, 0.05) is 32.1 Å². The zero-order chi connectivity index (χ0) is 31.1. The number of nitrogens with zero attached hydrogens (tertiary/aromatic N) is 2. The van der Waals surface area contributed by atoms with Gasteiger partial charge in [0.05, 0.1) is 16.6 Å². The van der Waals surface area contributed by atoms with Crippen LogP contribution in [0.3, 0.4) is 0 Å². The van der Waals surface area contributed by atoms with E-state index in [1.165, 1.54) is 0 Å². The molecule has 3 nitrogen and oxygen atoms in total. The number of pyridine rings is 1. The quantitative estimate of drug-likeness (QED) is 0.146. The van der Waals surface area contributed by atoms with E-state index in [1.54, 1.807) is 0 Å². The zero-order valence-corrected chi connectivity index (χ0v) is 26.2. The van der Waals surface area contributed by atoms with E-state index in [4.69, 9.17) is 4.98 Å². The summed E-state index contributed by atoms with van der Waals surface area (Å²) >= 11 is 0. The van der Waals surface area contributed by atoms with Crippen LogP contribution in [0.1, 0.15) is 0 Å². The first-order valence-electron chi connectivity index (χ1n) is 15.9. The molecular formula is C43H27N2OP. The summed E-state index contributed by atoms with van der Waals surface area (Å²) in [5.74, 6) is 0. The number of imidazole rings is 1. The van der Waals surface area contributed by atoms with Crippen LogP contribution in [-0.2, 0) is 4.57 Å². The van der Waals surface area contributed by atoms with Crippen molar-refractivity contribution in [3.05, 3.63) is 164 Å². The third-order valence-electron chi connectivity index (χ3n) is 9.79. The maximum absolute atomic E-state index is 16.4. The number of rotatable bonds is 3. The lowest BCUT2D eigenvalue weighted by Gasteiger charge is -2.24. The molecule has 47 heavy (non-hydrogen) atoms. The highest BCUT2D eigenvalue weighted by atomic mass is 31.2. The van der Waals surface area contributed by atoms with Crippen LogP contribution in [0.25, 0.3) is 70.7 Å². The fourth-order valence-electron chi connectivity index (χ4n) is 7.67. The van der Waals surface area contributed by atoms with Gasteiger partial charge in [-0.05, 0) is 50.5 Å². The van der Waals surface area contributed by atoms with Gasteiger partial charge >= 0.3 is 0 Å². The standard InChI is InChI=1S/C43H27N2OP/c46-47(31-24-23-28-11-1-2-13-30(28)27-31,40-21-9-14-29-12-3-4-15-32(29)40)41-22-10-18-35-34(41)25-26-36-33-16-5-6-17-37(33)43-44-38-19-7-8-20-39(38)45(43)42(35)36/h1-27H. The van der Waals surface area contributed by atoms with E-state index in [1.807, 2.05) is 36.4 Å². The van der Waals surface area contributed by atoms with Crippen molar-refractivity contribution >= 4 is 93.7 Å². The molecule has 10 rings (SSSR count). The molecule has 1 unspecified atom stereocenters. The number of fused-ring (bicyclic) bond motifs is 12. The third-order valence-corrected chi connectivity index (χ3v) is 12.9. The van der Waals surface area contributed by atoms with Gasteiger partial charge in [0.1, 0.15) is 5.65 Å². The Kier molecular flexibility index (Phi) is 5.55. The molecule has 0 aliphatic carbocycles. The van der Waals surface area contributed by atoms with Crippen molar-refractivity contribution in [2.45, 2.75) is 0 Å². The first kappa shape index (κ1) is 26.5. The molecule has 220 valence electrons. The van der Waals surface area contributed by atoms with Crippen LogP contribution in [-0.4, -0.2) is 9.38 Å². The summed E-state index contributed by atoms with van der Waals surface area (Å²) in [6.45, 7) is 0. The number of hydrogen-bond donors (Lipinski definition) is 0. The molecule has 0 amide bonds. The van der Waals surface area contributed by atoms with Crippen LogP contribution in [0.15, 0.2) is 164 Å². The van der Waals surface area contributed by atoms with Crippen LogP contribution >= 0.6 is 7.14 Å². The van der Waals surface area contributed by atoms with Crippen molar-refractivity contribution < 1.29 is 4.57 Å². The van der Waals surface area contributed by atoms with E-state index in [2.05, 4.69) is 132 Å². The zero-order valence-electron chi connectivity index (χ0n) is 25.3. The van der Waals surface area contributed by atoms with Crippen molar-refractivity contribution in [2.75, 3.05) is 0 Å². The highest BCUT2D eigenvalue weighted by molar-refractivity contribution is 7.86. The van der Waals surface area contributed by atoms with E-state index < -0.39 is 7.14 Å². The monoisotopic (exact) mass is 618 g/mol. The molecule has 2 aromatic heterocycles. The Morgan fingerprint density at radius 2 is 1.04 bits per heavy atom. The molecule has 0 fully saturated rings. The van der Waals surface area contributed by atoms with Crippen LogP contribution < -0.4 is 15.9 Å². The summed E-state index contributed by atoms with van der Waals surface area (Å²) in [7, 11) is -3.42. The number of benzene rings is 8. The Balaban J connectivity index is 1.39. The molecular weight excluding hydrogens is 591 g/mol. The van der Waals surface area contributed by atoms with E-state index in [0.717, 1.165) is 86.6 Å². The molecule has 0 saturated heterocycles. The van der Waals surface area contributed by atoms with Crippen molar-refractivity contribution in [1.29, 1.82) is 0 Å². The average molecular weight is 619 g/mol. The van der Waals surface area contributed by atoms with Crippen molar-refractivity contribution in [3.63, 3.8) is 0 Å². The molecule has 8 aromatic carbocycles. The molecule has 2 heterocycles. The fourth-order valence-corrected chi connectivity index (χ4v) is 10.8. The summed E-state index contributed by atoms with van der Waals surface area (Å²) in [5.41, 5.74) is 4.02. The Bertz CT molecular complexity index is 2950. The summed E-state index contributed by atoms with van der Waals surface area (Å²) in [4.78, 5) is 5.14.